The number of nitrogens with two attached hydrogens (primary N) is 2. The lowest BCUT2D eigenvalue weighted by molar-refractivity contribution is -0.123. The highest BCUT2D eigenvalue weighted by Crippen LogP contribution is 2.57. The van der Waals surface area contributed by atoms with Gasteiger partial charge in [-0.25, -0.2) is 9.37 Å². The standard InChI is InChI=1S/C18H19ClFN5O/c19-18-23-7-12(20)17(25-18)24-15-11-6-8(14(15)16(22)26)5-10(11)9-3-1-2-4-13(9)21/h1-4,7-8,10-11,14-15H,5-6,21H2,(H2,22,26)(H,23,24,25)/t8-,10+,11-,14+,15-/m1/s1. The zero-order chi connectivity index (χ0) is 18.4. The molecule has 0 saturated heterocycles. The third-order valence-corrected chi connectivity index (χ3v) is 5.93. The number of hydrogen-bond acceptors (Lipinski definition) is 5. The number of aromatic nitrogens is 2. The van der Waals surface area contributed by atoms with Gasteiger partial charge in [0, 0.05) is 11.7 Å². The summed E-state index contributed by atoms with van der Waals surface area (Å²) in [5.41, 5.74) is 13.6. The average molecular weight is 376 g/mol. The molecule has 136 valence electrons. The molecule has 0 radical (unpaired) electrons. The molecule has 4 rings (SSSR count). The molecular weight excluding hydrogens is 357 g/mol. The van der Waals surface area contributed by atoms with Crippen molar-refractivity contribution < 1.29 is 9.18 Å². The van der Waals surface area contributed by atoms with Gasteiger partial charge in [0.05, 0.1) is 12.1 Å². The molecule has 1 aromatic carbocycles. The number of benzene rings is 1. The van der Waals surface area contributed by atoms with Gasteiger partial charge in [0.15, 0.2) is 11.6 Å². The molecule has 0 aliphatic heterocycles. The van der Waals surface area contributed by atoms with Crippen molar-refractivity contribution in [3.63, 3.8) is 0 Å². The number of fused-ring (bicyclic) bond motifs is 2. The summed E-state index contributed by atoms with van der Waals surface area (Å²) in [6, 6.07) is 7.41. The van der Waals surface area contributed by atoms with Crippen molar-refractivity contribution in [3.05, 3.63) is 47.1 Å². The molecular formula is C18H19ClFN5O. The minimum atomic E-state index is -0.615. The summed E-state index contributed by atoms with van der Waals surface area (Å²) in [5.74, 6) is -0.945. The number of carbonyl (C=O) groups excluding carboxylic acids is 1. The Morgan fingerprint density at radius 1 is 1.31 bits per heavy atom. The van der Waals surface area contributed by atoms with Crippen LogP contribution in [0.5, 0.6) is 0 Å². The first-order valence-corrected chi connectivity index (χ1v) is 8.91. The molecule has 2 saturated carbocycles. The second-order valence-electron chi connectivity index (χ2n) is 7.06. The van der Waals surface area contributed by atoms with Gasteiger partial charge in [-0.2, -0.15) is 4.98 Å². The molecule has 1 aromatic heterocycles. The van der Waals surface area contributed by atoms with Crippen LogP contribution in [0.4, 0.5) is 15.9 Å². The smallest absolute Gasteiger partial charge is 0.224 e. The number of halogens is 2. The molecule has 2 bridgehead atoms. The quantitative estimate of drug-likeness (QED) is 0.562. The number of anilines is 2. The van der Waals surface area contributed by atoms with E-state index < -0.39 is 5.82 Å². The number of hydrogen-bond donors (Lipinski definition) is 3. The minimum absolute atomic E-state index is 0.00594. The number of rotatable bonds is 4. The molecule has 2 aliphatic carbocycles. The van der Waals surface area contributed by atoms with E-state index in [9.17, 15) is 9.18 Å². The monoisotopic (exact) mass is 375 g/mol. The van der Waals surface area contributed by atoms with Crippen LogP contribution in [0.15, 0.2) is 30.5 Å². The Labute approximate surface area is 155 Å². The van der Waals surface area contributed by atoms with E-state index >= 15 is 0 Å². The molecule has 8 heteroatoms. The number of primary amides is 1. The van der Waals surface area contributed by atoms with E-state index in [1.54, 1.807) is 0 Å². The summed E-state index contributed by atoms with van der Waals surface area (Å²) in [4.78, 5) is 19.6. The first kappa shape index (κ1) is 17.0. The van der Waals surface area contributed by atoms with Crippen molar-refractivity contribution in [2.45, 2.75) is 24.8 Å². The highest BCUT2D eigenvalue weighted by Gasteiger charge is 2.55. The number of nitrogens with zero attached hydrogens (tertiary/aromatic N) is 2. The third-order valence-electron chi connectivity index (χ3n) is 5.75. The van der Waals surface area contributed by atoms with E-state index in [1.807, 2.05) is 24.3 Å². The Hall–Kier alpha value is -2.41. The largest absolute Gasteiger partial charge is 0.398 e. The highest BCUT2D eigenvalue weighted by molar-refractivity contribution is 6.28. The van der Waals surface area contributed by atoms with Crippen molar-refractivity contribution in [2.75, 3.05) is 11.1 Å². The van der Waals surface area contributed by atoms with Crippen molar-refractivity contribution >= 4 is 29.0 Å². The van der Waals surface area contributed by atoms with Gasteiger partial charge >= 0.3 is 0 Å². The normalized spacial score (nSPS) is 29.7. The predicted octanol–water partition coefficient (Wildman–Crippen LogP) is 2.56. The number of para-hydroxylation sites is 1. The molecule has 1 heterocycles. The van der Waals surface area contributed by atoms with Gasteiger partial charge in [0.1, 0.15) is 0 Å². The van der Waals surface area contributed by atoms with Crippen LogP contribution in [0.3, 0.4) is 0 Å². The zero-order valence-corrected chi connectivity index (χ0v) is 14.7. The molecule has 5 N–H and O–H groups in total. The molecule has 5 atom stereocenters. The Bertz CT molecular complexity index is 863. The van der Waals surface area contributed by atoms with Crippen LogP contribution in [0, 0.1) is 23.6 Å². The van der Waals surface area contributed by atoms with E-state index in [1.165, 1.54) is 0 Å². The summed E-state index contributed by atoms with van der Waals surface area (Å²) < 4.78 is 14.1. The Kier molecular flexibility index (Phi) is 4.19. The van der Waals surface area contributed by atoms with Crippen LogP contribution >= 0.6 is 11.6 Å². The summed E-state index contributed by atoms with van der Waals surface area (Å²) in [6.45, 7) is 0. The van der Waals surface area contributed by atoms with Crippen LogP contribution in [0.1, 0.15) is 24.3 Å². The van der Waals surface area contributed by atoms with Crippen molar-refractivity contribution in [1.82, 2.24) is 9.97 Å². The molecule has 1 amide bonds. The third kappa shape index (κ3) is 2.76. The maximum atomic E-state index is 14.1. The second kappa shape index (κ2) is 6.39. The summed E-state index contributed by atoms with van der Waals surface area (Å²) >= 11 is 5.79. The maximum Gasteiger partial charge on any atom is 0.224 e. The van der Waals surface area contributed by atoms with Crippen LogP contribution in [-0.4, -0.2) is 21.9 Å². The van der Waals surface area contributed by atoms with Crippen molar-refractivity contribution in [3.8, 4) is 0 Å². The molecule has 6 nitrogen and oxygen atoms in total. The van der Waals surface area contributed by atoms with Crippen LogP contribution in [-0.2, 0) is 4.79 Å². The van der Waals surface area contributed by atoms with E-state index in [2.05, 4.69) is 15.3 Å². The fourth-order valence-corrected chi connectivity index (χ4v) is 4.91. The van der Waals surface area contributed by atoms with Gasteiger partial charge in [0.2, 0.25) is 11.2 Å². The number of nitrogens with one attached hydrogen (secondary N) is 1. The van der Waals surface area contributed by atoms with Gasteiger partial charge in [-0.15, -0.1) is 0 Å². The number of nitrogen functional groups attached to an aromatic ring is 1. The topological polar surface area (TPSA) is 107 Å². The van der Waals surface area contributed by atoms with Gasteiger partial charge in [-0.1, -0.05) is 18.2 Å². The first-order chi connectivity index (χ1) is 12.5. The number of carbonyl (C=O) groups is 1. The van der Waals surface area contributed by atoms with Crippen LogP contribution < -0.4 is 16.8 Å². The zero-order valence-electron chi connectivity index (χ0n) is 13.9. The summed E-state index contributed by atoms with van der Waals surface area (Å²) in [6.07, 6.45) is 2.69. The molecule has 2 aliphatic rings. The van der Waals surface area contributed by atoms with Gasteiger partial charge in [-0.3, -0.25) is 4.79 Å². The fourth-order valence-electron chi connectivity index (χ4n) is 4.78. The fraction of sp³-hybridized carbons (Fsp3) is 0.389. The second-order valence-corrected chi connectivity index (χ2v) is 7.40. The van der Waals surface area contributed by atoms with Crippen LogP contribution in [0.25, 0.3) is 0 Å². The van der Waals surface area contributed by atoms with Crippen molar-refractivity contribution in [1.29, 1.82) is 0 Å². The lowest BCUT2D eigenvalue weighted by Crippen LogP contribution is -2.44. The van der Waals surface area contributed by atoms with E-state index in [0.29, 0.717) is 0 Å². The Morgan fingerprint density at radius 2 is 2.08 bits per heavy atom. The molecule has 2 fully saturated rings. The molecule has 26 heavy (non-hydrogen) atoms. The van der Waals surface area contributed by atoms with E-state index in [0.717, 1.165) is 30.3 Å². The Balaban J connectivity index is 1.68. The summed E-state index contributed by atoms with van der Waals surface area (Å²) in [7, 11) is 0. The lowest BCUT2D eigenvalue weighted by Gasteiger charge is -2.35. The lowest BCUT2D eigenvalue weighted by atomic mass is 9.74. The average Bonchev–Trinajstić information content (AvgIpc) is 3.17. The van der Waals surface area contributed by atoms with Gasteiger partial charge in [0.25, 0.3) is 0 Å². The van der Waals surface area contributed by atoms with Crippen LogP contribution in [0.2, 0.25) is 5.28 Å². The van der Waals surface area contributed by atoms with E-state index in [4.69, 9.17) is 23.1 Å². The minimum Gasteiger partial charge on any atom is -0.398 e. The van der Waals surface area contributed by atoms with Gasteiger partial charge < -0.3 is 16.8 Å². The molecule has 0 spiro atoms. The number of amides is 1. The molecule has 2 aromatic rings. The molecule has 0 unspecified atom stereocenters. The SMILES string of the molecule is NC(=O)[C@H]1[C@H]2C[C@@H]([C@H]1Nc1nc(Cl)ncc1F)[C@H](c1ccccc1N)C2. The maximum absolute atomic E-state index is 14.1. The Morgan fingerprint density at radius 3 is 2.81 bits per heavy atom. The van der Waals surface area contributed by atoms with Gasteiger partial charge in [-0.05, 0) is 53.8 Å². The first-order valence-electron chi connectivity index (χ1n) is 8.54. The highest BCUT2D eigenvalue weighted by atomic mass is 35.5. The summed E-state index contributed by atoms with van der Waals surface area (Å²) in [5, 5.41) is 3.02. The van der Waals surface area contributed by atoms with E-state index in [-0.39, 0.29) is 46.7 Å². The van der Waals surface area contributed by atoms with Crippen molar-refractivity contribution in [2.24, 2.45) is 23.5 Å². The predicted molar refractivity (Wildman–Crippen MR) is 96.9 cm³/mol.